The van der Waals surface area contributed by atoms with Crippen molar-refractivity contribution in [1.82, 2.24) is 9.88 Å². The number of ether oxygens (including phenoxy) is 1. The van der Waals surface area contributed by atoms with Gasteiger partial charge in [-0.2, -0.15) is 0 Å². The standard InChI is InChI=1S/C17H21N3O3/c1-13-10-18-7-6-16(13)19-17(21)20(11-14-4-2-8-22-14)12-15-5-3-9-23-15/h2,4,6-8,10,15H,3,5,9,11-12H2,1H3,(H,18,19,21). The number of anilines is 1. The molecular weight excluding hydrogens is 294 g/mol. The van der Waals surface area contributed by atoms with Crippen LogP contribution in [0.3, 0.4) is 0 Å². The van der Waals surface area contributed by atoms with Gasteiger partial charge in [0.25, 0.3) is 0 Å². The molecule has 3 rings (SSSR count). The van der Waals surface area contributed by atoms with E-state index in [-0.39, 0.29) is 12.1 Å². The number of urea groups is 1. The van der Waals surface area contributed by atoms with Crippen molar-refractivity contribution in [2.45, 2.75) is 32.4 Å². The number of nitrogens with zero attached hydrogens (tertiary/aromatic N) is 2. The smallest absolute Gasteiger partial charge is 0.322 e. The zero-order chi connectivity index (χ0) is 16.1. The van der Waals surface area contributed by atoms with Crippen LogP contribution in [0.1, 0.15) is 24.2 Å². The summed E-state index contributed by atoms with van der Waals surface area (Å²) < 4.78 is 11.0. The van der Waals surface area contributed by atoms with Crippen LogP contribution in [0, 0.1) is 6.92 Å². The Balaban J connectivity index is 1.70. The van der Waals surface area contributed by atoms with Crippen LogP contribution in [0.25, 0.3) is 0 Å². The number of furan rings is 1. The van der Waals surface area contributed by atoms with Gasteiger partial charge in [0.1, 0.15) is 5.76 Å². The largest absolute Gasteiger partial charge is 0.467 e. The van der Waals surface area contributed by atoms with Gasteiger partial charge in [0.15, 0.2) is 0 Å². The lowest BCUT2D eigenvalue weighted by Crippen LogP contribution is -2.39. The maximum absolute atomic E-state index is 12.7. The van der Waals surface area contributed by atoms with E-state index in [0.29, 0.717) is 13.1 Å². The number of rotatable bonds is 5. The van der Waals surface area contributed by atoms with Crippen LogP contribution in [-0.2, 0) is 11.3 Å². The molecule has 1 fully saturated rings. The van der Waals surface area contributed by atoms with Crippen LogP contribution in [0.4, 0.5) is 10.5 Å². The third-order valence-electron chi connectivity index (χ3n) is 3.92. The van der Waals surface area contributed by atoms with Crippen molar-refractivity contribution < 1.29 is 13.9 Å². The normalized spacial score (nSPS) is 17.2. The number of nitrogens with one attached hydrogen (secondary N) is 1. The lowest BCUT2D eigenvalue weighted by molar-refractivity contribution is 0.0803. The van der Waals surface area contributed by atoms with Crippen LogP contribution in [0.15, 0.2) is 41.3 Å². The van der Waals surface area contributed by atoms with E-state index < -0.39 is 0 Å². The molecule has 3 heterocycles. The third kappa shape index (κ3) is 4.10. The summed E-state index contributed by atoms with van der Waals surface area (Å²) in [5.41, 5.74) is 1.69. The van der Waals surface area contributed by atoms with Crippen LogP contribution < -0.4 is 5.32 Å². The number of hydrogen-bond acceptors (Lipinski definition) is 4. The van der Waals surface area contributed by atoms with Crippen LogP contribution in [0.2, 0.25) is 0 Å². The number of aryl methyl sites for hydroxylation is 1. The van der Waals surface area contributed by atoms with Crippen molar-refractivity contribution >= 4 is 11.7 Å². The summed E-state index contributed by atoms with van der Waals surface area (Å²) >= 11 is 0. The fraction of sp³-hybridized carbons (Fsp3) is 0.412. The zero-order valence-corrected chi connectivity index (χ0v) is 13.2. The number of aromatic nitrogens is 1. The average Bonchev–Trinajstić information content (AvgIpc) is 3.22. The first-order chi connectivity index (χ1) is 11.2. The summed E-state index contributed by atoms with van der Waals surface area (Å²) in [4.78, 5) is 18.4. The highest BCUT2D eigenvalue weighted by molar-refractivity contribution is 5.90. The molecule has 1 saturated heterocycles. The molecule has 6 nitrogen and oxygen atoms in total. The number of amides is 2. The Kier molecular flexibility index (Phi) is 4.92. The van der Waals surface area contributed by atoms with Crippen LogP contribution in [-0.4, -0.2) is 35.2 Å². The summed E-state index contributed by atoms with van der Waals surface area (Å²) in [5, 5.41) is 2.95. The number of pyridine rings is 1. The molecule has 122 valence electrons. The SMILES string of the molecule is Cc1cnccc1NC(=O)N(Cc1ccco1)CC1CCCO1. The maximum atomic E-state index is 12.7. The van der Waals surface area contributed by atoms with Gasteiger partial charge in [0.05, 0.1) is 18.9 Å². The van der Waals surface area contributed by atoms with E-state index in [1.807, 2.05) is 19.1 Å². The minimum Gasteiger partial charge on any atom is -0.467 e. The van der Waals surface area contributed by atoms with Crippen molar-refractivity contribution in [1.29, 1.82) is 0 Å². The molecule has 1 unspecified atom stereocenters. The number of carbonyl (C=O) groups is 1. The van der Waals surface area contributed by atoms with Crippen molar-refractivity contribution in [2.24, 2.45) is 0 Å². The highest BCUT2D eigenvalue weighted by Gasteiger charge is 2.23. The summed E-state index contributed by atoms with van der Waals surface area (Å²) in [5.74, 6) is 0.754. The van der Waals surface area contributed by atoms with E-state index in [1.165, 1.54) is 0 Å². The maximum Gasteiger partial charge on any atom is 0.322 e. The zero-order valence-electron chi connectivity index (χ0n) is 13.2. The average molecular weight is 315 g/mol. The Morgan fingerprint density at radius 1 is 1.48 bits per heavy atom. The summed E-state index contributed by atoms with van der Waals surface area (Å²) in [6, 6.07) is 5.33. The van der Waals surface area contributed by atoms with Gasteiger partial charge in [-0.3, -0.25) is 4.98 Å². The van der Waals surface area contributed by atoms with E-state index in [9.17, 15) is 4.79 Å². The molecule has 0 saturated carbocycles. The van der Waals surface area contributed by atoms with Crippen molar-refractivity contribution in [3.05, 3.63) is 48.2 Å². The Hall–Kier alpha value is -2.34. The van der Waals surface area contributed by atoms with Gasteiger partial charge < -0.3 is 19.4 Å². The van der Waals surface area contributed by atoms with E-state index >= 15 is 0 Å². The lowest BCUT2D eigenvalue weighted by Gasteiger charge is -2.25. The summed E-state index contributed by atoms with van der Waals surface area (Å²) in [6.45, 7) is 3.66. The van der Waals surface area contributed by atoms with Crippen molar-refractivity contribution in [2.75, 3.05) is 18.5 Å². The molecular formula is C17H21N3O3. The Morgan fingerprint density at radius 2 is 2.39 bits per heavy atom. The minimum atomic E-state index is -0.161. The molecule has 0 spiro atoms. The molecule has 1 aliphatic rings. The van der Waals surface area contributed by atoms with Gasteiger partial charge in [-0.25, -0.2) is 4.79 Å². The Labute approximate surface area is 135 Å². The highest BCUT2D eigenvalue weighted by atomic mass is 16.5. The predicted molar refractivity (Wildman–Crippen MR) is 86.1 cm³/mol. The molecule has 2 aromatic heterocycles. The molecule has 0 radical (unpaired) electrons. The molecule has 0 bridgehead atoms. The second-order valence-electron chi connectivity index (χ2n) is 5.72. The quantitative estimate of drug-likeness (QED) is 0.920. The van der Waals surface area contributed by atoms with Crippen LogP contribution >= 0.6 is 0 Å². The summed E-state index contributed by atoms with van der Waals surface area (Å²) in [6.07, 6.45) is 7.13. The molecule has 23 heavy (non-hydrogen) atoms. The topological polar surface area (TPSA) is 67.6 Å². The first-order valence-corrected chi connectivity index (χ1v) is 7.83. The van der Waals surface area contributed by atoms with E-state index in [4.69, 9.17) is 9.15 Å². The van der Waals surface area contributed by atoms with Gasteiger partial charge in [0.2, 0.25) is 0 Å². The molecule has 2 amide bonds. The highest BCUT2D eigenvalue weighted by Crippen LogP contribution is 2.18. The second-order valence-corrected chi connectivity index (χ2v) is 5.72. The molecule has 2 aromatic rings. The Morgan fingerprint density at radius 3 is 3.09 bits per heavy atom. The van der Waals surface area contributed by atoms with E-state index in [0.717, 1.165) is 36.5 Å². The Bertz CT molecular complexity index is 636. The molecule has 1 N–H and O–H groups in total. The van der Waals surface area contributed by atoms with Crippen molar-refractivity contribution in [3.63, 3.8) is 0 Å². The first kappa shape index (κ1) is 15.6. The van der Waals surface area contributed by atoms with Gasteiger partial charge >= 0.3 is 6.03 Å². The van der Waals surface area contributed by atoms with E-state index in [1.54, 1.807) is 29.6 Å². The predicted octanol–water partition coefficient (Wildman–Crippen LogP) is 3.20. The molecule has 1 aliphatic heterocycles. The fourth-order valence-corrected chi connectivity index (χ4v) is 2.65. The second kappa shape index (κ2) is 7.28. The third-order valence-corrected chi connectivity index (χ3v) is 3.92. The monoisotopic (exact) mass is 315 g/mol. The van der Waals surface area contributed by atoms with E-state index in [2.05, 4.69) is 10.3 Å². The molecule has 0 aromatic carbocycles. The van der Waals surface area contributed by atoms with Crippen molar-refractivity contribution in [3.8, 4) is 0 Å². The number of hydrogen-bond donors (Lipinski definition) is 1. The van der Waals surface area contributed by atoms with Gasteiger partial charge in [-0.05, 0) is 43.5 Å². The summed E-state index contributed by atoms with van der Waals surface area (Å²) in [7, 11) is 0. The number of carbonyl (C=O) groups excluding carboxylic acids is 1. The van der Waals surface area contributed by atoms with Gasteiger partial charge in [-0.15, -0.1) is 0 Å². The van der Waals surface area contributed by atoms with Gasteiger partial charge in [0, 0.05) is 31.2 Å². The molecule has 1 atom stereocenters. The molecule has 0 aliphatic carbocycles. The van der Waals surface area contributed by atoms with Crippen LogP contribution in [0.5, 0.6) is 0 Å². The minimum absolute atomic E-state index is 0.0919. The molecule has 6 heteroatoms. The lowest BCUT2D eigenvalue weighted by atomic mass is 10.2. The first-order valence-electron chi connectivity index (χ1n) is 7.83. The van der Waals surface area contributed by atoms with Gasteiger partial charge in [-0.1, -0.05) is 0 Å². The fourth-order valence-electron chi connectivity index (χ4n) is 2.65.